The second-order valence-electron chi connectivity index (χ2n) is 7.65. The van der Waals surface area contributed by atoms with E-state index in [1.165, 1.54) is 0 Å². The quantitative estimate of drug-likeness (QED) is 0.578. The van der Waals surface area contributed by atoms with Crippen LogP contribution in [0.4, 0.5) is 11.4 Å². The minimum Gasteiger partial charge on any atom is -0.466 e. The van der Waals surface area contributed by atoms with Crippen LogP contribution in [0.3, 0.4) is 0 Å². The Hall–Kier alpha value is -2.34. The van der Waals surface area contributed by atoms with E-state index < -0.39 is 0 Å². The van der Waals surface area contributed by atoms with Crippen molar-refractivity contribution in [2.75, 3.05) is 37.6 Å². The van der Waals surface area contributed by atoms with Gasteiger partial charge in [-0.3, -0.25) is 15.0 Å². The molecule has 1 aliphatic rings. The maximum Gasteiger partial charge on any atom is 0.269 e. The predicted molar refractivity (Wildman–Crippen MR) is 103 cm³/mol. The first-order valence-electron chi connectivity index (χ1n) is 9.14. The molecule has 140 valence electrons. The van der Waals surface area contributed by atoms with Gasteiger partial charge in [0.2, 0.25) is 0 Å². The first-order valence-corrected chi connectivity index (χ1v) is 9.14. The number of non-ortho nitro benzene ring substituents is 1. The van der Waals surface area contributed by atoms with Crippen molar-refractivity contribution in [1.82, 2.24) is 4.90 Å². The molecule has 0 bridgehead atoms. The Morgan fingerprint density at radius 3 is 2.27 bits per heavy atom. The summed E-state index contributed by atoms with van der Waals surface area (Å²) >= 11 is 0. The average Bonchev–Trinajstić information content (AvgIpc) is 3.08. The number of anilines is 1. The van der Waals surface area contributed by atoms with E-state index in [-0.39, 0.29) is 16.0 Å². The summed E-state index contributed by atoms with van der Waals surface area (Å²) in [6, 6.07) is 11.0. The van der Waals surface area contributed by atoms with Gasteiger partial charge in [0, 0.05) is 49.4 Å². The number of nitro benzene ring substituents is 1. The summed E-state index contributed by atoms with van der Waals surface area (Å²) in [5, 5.41) is 10.8. The van der Waals surface area contributed by atoms with Gasteiger partial charge in [0.05, 0.1) is 4.92 Å². The fourth-order valence-electron chi connectivity index (χ4n) is 3.37. The third kappa shape index (κ3) is 4.25. The molecule has 1 saturated heterocycles. The van der Waals surface area contributed by atoms with Gasteiger partial charge in [0.25, 0.3) is 5.69 Å². The summed E-state index contributed by atoms with van der Waals surface area (Å²) in [7, 11) is 0. The normalized spacial score (nSPS) is 16.0. The molecule has 1 aromatic heterocycles. The lowest BCUT2D eigenvalue weighted by Crippen LogP contribution is -2.47. The number of aryl methyl sites for hydroxylation is 1. The van der Waals surface area contributed by atoms with Crippen LogP contribution in [0.5, 0.6) is 0 Å². The molecule has 3 rings (SSSR count). The lowest BCUT2D eigenvalue weighted by atomic mass is 9.86. The SMILES string of the molecule is Cc1ccc(C(C)(C)CCN2CCN(c3ccc([N+](=O)[O-])cc3)CC2)o1. The van der Waals surface area contributed by atoms with E-state index in [0.717, 1.165) is 56.4 Å². The zero-order valence-corrected chi connectivity index (χ0v) is 15.8. The highest BCUT2D eigenvalue weighted by Gasteiger charge is 2.26. The Balaban J connectivity index is 1.50. The van der Waals surface area contributed by atoms with Crippen molar-refractivity contribution in [2.45, 2.75) is 32.6 Å². The summed E-state index contributed by atoms with van der Waals surface area (Å²) < 4.78 is 5.81. The van der Waals surface area contributed by atoms with Gasteiger partial charge in [0.15, 0.2) is 0 Å². The highest BCUT2D eigenvalue weighted by atomic mass is 16.6. The minimum atomic E-state index is -0.357. The molecule has 2 aromatic rings. The van der Waals surface area contributed by atoms with E-state index >= 15 is 0 Å². The van der Waals surface area contributed by atoms with E-state index in [2.05, 4.69) is 29.7 Å². The molecular weight excluding hydrogens is 330 g/mol. The standard InChI is InChI=1S/C20H27N3O3/c1-16-4-9-19(26-16)20(2,3)10-11-21-12-14-22(15-13-21)17-5-7-18(8-6-17)23(24)25/h4-9H,10-15H2,1-3H3. The molecule has 6 nitrogen and oxygen atoms in total. The molecule has 1 aromatic carbocycles. The number of rotatable bonds is 6. The minimum absolute atomic E-state index is 0.0315. The zero-order valence-electron chi connectivity index (χ0n) is 15.8. The molecule has 0 aliphatic carbocycles. The van der Waals surface area contributed by atoms with Crippen molar-refractivity contribution < 1.29 is 9.34 Å². The Labute approximate surface area is 154 Å². The fourth-order valence-corrected chi connectivity index (χ4v) is 3.37. The summed E-state index contributed by atoms with van der Waals surface area (Å²) in [5.41, 5.74) is 1.23. The molecule has 2 heterocycles. The van der Waals surface area contributed by atoms with Crippen LogP contribution < -0.4 is 4.90 Å². The zero-order chi connectivity index (χ0) is 18.7. The van der Waals surface area contributed by atoms with Crippen LogP contribution in [0.1, 0.15) is 31.8 Å². The molecule has 0 saturated carbocycles. The molecule has 26 heavy (non-hydrogen) atoms. The van der Waals surface area contributed by atoms with Gasteiger partial charge >= 0.3 is 0 Å². The Bertz CT molecular complexity index is 744. The van der Waals surface area contributed by atoms with Crippen molar-refractivity contribution in [3.8, 4) is 0 Å². The molecule has 0 N–H and O–H groups in total. The van der Waals surface area contributed by atoms with Crippen LogP contribution in [0.15, 0.2) is 40.8 Å². The van der Waals surface area contributed by atoms with Crippen LogP contribution in [0.2, 0.25) is 0 Å². The largest absolute Gasteiger partial charge is 0.466 e. The highest BCUT2D eigenvalue weighted by Crippen LogP contribution is 2.29. The number of nitrogens with zero attached hydrogens (tertiary/aromatic N) is 3. The maximum atomic E-state index is 10.8. The van der Waals surface area contributed by atoms with E-state index in [4.69, 9.17) is 4.42 Å². The second kappa shape index (κ2) is 7.50. The van der Waals surface area contributed by atoms with Crippen LogP contribution in [0.25, 0.3) is 0 Å². The van der Waals surface area contributed by atoms with Gasteiger partial charge in [0.1, 0.15) is 11.5 Å². The number of furan rings is 1. The van der Waals surface area contributed by atoms with E-state index in [9.17, 15) is 10.1 Å². The summed E-state index contributed by atoms with van der Waals surface area (Å²) in [4.78, 5) is 15.2. The molecule has 0 amide bonds. The van der Waals surface area contributed by atoms with Crippen molar-refractivity contribution in [1.29, 1.82) is 0 Å². The van der Waals surface area contributed by atoms with Crippen molar-refractivity contribution in [3.05, 3.63) is 58.0 Å². The lowest BCUT2D eigenvalue weighted by molar-refractivity contribution is -0.384. The van der Waals surface area contributed by atoms with Gasteiger partial charge in [-0.15, -0.1) is 0 Å². The topological polar surface area (TPSA) is 62.8 Å². The molecular formula is C20H27N3O3. The van der Waals surface area contributed by atoms with Gasteiger partial charge in [-0.1, -0.05) is 13.8 Å². The lowest BCUT2D eigenvalue weighted by Gasteiger charge is -2.37. The molecule has 0 unspecified atom stereocenters. The van der Waals surface area contributed by atoms with Crippen LogP contribution in [-0.4, -0.2) is 42.5 Å². The number of nitro groups is 1. The number of hydrogen-bond acceptors (Lipinski definition) is 5. The van der Waals surface area contributed by atoms with E-state index in [0.29, 0.717) is 0 Å². The number of benzene rings is 1. The first-order chi connectivity index (χ1) is 12.3. The average molecular weight is 357 g/mol. The van der Waals surface area contributed by atoms with Gasteiger partial charge < -0.3 is 9.32 Å². The van der Waals surface area contributed by atoms with E-state index in [1.54, 1.807) is 12.1 Å². The molecule has 6 heteroatoms. The van der Waals surface area contributed by atoms with Crippen LogP contribution in [0, 0.1) is 17.0 Å². The van der Waals surface area contributed by atoms with E-state index in [1.807, 2.05) is 25.1 Å². The third-order valence-corrected chi connectivity index (χ3v) is 5.26. The van der Waals surface area contributed by atoms with Crippen molar-refractivity contribution in [3.63, 3.8) is 0 Å². The Kier molecular flexibility index (Phi) is 5.32. The number of piperazine rings is 1. The third-order valence-electron chi connectivity index (χ3n) is 5.26. The van der Waals surface area contributed by atoms with Gasteiger partial charge in [-0.2, -0.15) is 0 Å². The van der Waals surface area contributed by atoms with Crippen LogP contribution >= 0.6 is 0 Å². The highest BCUT2D eigenvalue weighted by molar-refractivity contribution is 5.51. The monoisotopic (exact) mass is 357 g/mol. The number of hydrogen-bond donors (Lipinski definition) is 0. The smallest absolute Gasteiger partial charge is 0.269 e. The Morgan fingerprint density at radius 2 is 1.73 bits per heavy atom. The summed E-state index contributed by atoms with van der Waals surface area (Å²) in [6.07, 6.45) is 1.05. The first kappa shape index (κ1) is 18.5. The summed E-state index contributed by atoms with van der Waals surface area (Å²) in [5.74, 6) is 2.02. The van der Waals surface area contributed by atoms with Crippen LogP contribution in [-0.2, 0) is 5.41 Å². The fraction of sp³-hybridized carbons (Fsp3) is 0.500. The molecule has 0 radical (unpaired) electrons. The summed E-state index contributed by atoms with van der Waals surface area (Å²) in [6.45, 7) is 11.4. The van der Waals surface area contributed by atoms with Gasteiger partial charge in [-0.25, -0.2) is 0 Å². The molecule has 0 spiro atoms. The molecule has 1 aliphatic heterocycles. The predicted octanol–water partition coefficient (Wildman–Crippen LogP) is 3.99. The molecule has 1 fully saturated rings. The van der Waals surface area contributed by atoms with Crippen molar-refractivity contribution >= 4 is 11.4 Å². The Morgan fingerprint density at radius 1 is 1.08 bits per heavy atom. The van der Waals surface area contributed by atoms with Gasteiger partial charge in [-0.05, 0) is 44.2 Å². The molecule has 0 atom stereocenters. The maximum absolute atomic E-state index is 10.8. The second-order valence-corrected chi connectivity index (χ2v) is 7.65. The van der Waals surface area contributed by atoms with Crippen molar-refractivity contribution in [2.24, 2.45) is 0 Å².